The number of halogens is 2. The molecule has 10 heteroatoms. The number of nitrogens with one attached hydrogen (secondary N) is 3. The second kappa shape index (κ2) is 7.56. The molecular formula is C16H15F2N5O2S. The van der Waals surface area contributed by atoms with E-state index in [-0.39, 0.29) is 17.5 Å². The number of amides is 2. The Bertz CT molecular complexity index is 940. The molecule has 2 heterocycles. The van der Waals surface area contributed by atoms with Gasteiger partial charge in [-0.3, -0.25) is 14.9 Å². The maximum Gasteiger partial charge on any atom is 0.291 e. The molecule has 0 saturated carbocycles. The molecule has 2 aromatic heterocycles. The molecular weight excluding hydrogens is 364 g/mol. The third kappa shape index (κ3) is 4.02. The summed E-state index contributed by atoms with van der Waals surface area (Å²) in [6.45, 7) is 1.30. The molecule has 0 unspecified atom stereocenters. The molecule has 3 aromatic rings. The lowest BCUT2D eigenvalue weighted by Crippen LogP contribution is -2.44. The van der Waals surface area contributed by atoms with Crippen LogP contribution in [-0.4, -0.2) is 33.0 Å². The molecule has 1 atom stereocenters. The number of alkyl halides is 2. The molecule has 1 aromatic carbocycles. The van der Waals surface area contributed by atoms with Crippen LogP contribution in [0.2, 0.25) is 0 Å². The van der Waals surface area contributed by atoms with Crippen molar-refractivity contribution in [1.82, 2.24) is 20.5 Å². The quantitative estimate of drug-likeness (QED) is 0.613. The van der Waals surface area contributed by atoms with Crippen molar-refractivity contribution in [2.45, 2.75) is 25.8 Å². The fraction of sp³-hybridized carbons (Fsp3) is 0.250. The van der Waals surface area contributed by atoms with Crippen molar-refractivity contribution < 1.29 is 18.4 Å². The molecule has 0 spiro atoms. The van der Waals surface area contributed by atoms with E-state index in [1.165, 1.54) is 6.92 Å². The van der Waals surface area contributed by atoms with E-state index in [1.807, 2.05) is 24.3 Å². The average Bonchev–Trinajstić information content (AvgIpc) is 3.21. The number of fused-ring (bicyclic) bond motifs is 1. The van der Waals surface area contributed by atoms with Gasteiger partial charge in [-0.2, -0.15) is 0 Å². The molecule has 0 aliphatic rings. The predicted octanol–water partition coefficient (Wildman–Crippen LogP) is 2.64. The van der Waals surface area contributed by atoms with Crippen molar-refractivity contribution in [2.75, 3.05) is 5.32 Å². The first kappa shape index (κ1) is 17.9. The van der Waals surface area contributed by atoms with Gasteiger partial charge < -0.3 is 10.3 Å². The van der Waals surface area contributed by atoms with E-state index in [1.54, 1.807) is 6.20 Å². The number of aromatic amines is 1. The van der Waals surface area contributed by atoms with Crippen molar-refractivity contribution in [1.29, 1.82) is 0 Å². The third-order valence-electron chi connectivity index (χ3n) is 3.65. The van der Waals surface area contributed by atoms with E-state index in [9.17, 15) is 18.4 Å². The summed E-state index contributed by atoms with van der Waals surface area (Å²) in [4.78, 5) is 27.1. The monoisotopic (exact) mass is 379 g/mol. The summed E-state index contributed by atoms with van der Waals surface area (Å²) in [5.41, 5.74) is 1.76. The maximum absolute atomic E-state index is 12.6. The highest BCUT2D eigenvalue weighted by Crippen LogP contribution is 2.25. The Morgan fingerprint density at radius 2 is 2.04 bits per heavy atom. The van der Waals surface area contributed by atoms with Crippen molar-refractivity contribution in [2.24, 2.45) is 0 Å². The number of benzene rings is 1. The number of hydrogen-bond donors (Lipinski definition) is 3. The predicted molar refractivity (Wildman–Crippen MR) is 93.1 cm³/mol. The van der Waals surface area contributed by atoms with Crippen LogP contribution in [0.1, 0.15) is 23.9 Å². The fourth-order valence-electron chi connectivity index (χ4n) is 2.54. The van der Waals surface area contributed by atoms with Crippen LogP contribution in [-0.2, 0) is 16.0 Å². The van der Waals surface area contributed by atoms with Crippen LogP contribution in [0.4, 0.5) is 13.9 Å². The SMILES string of the molecule is CC(=O)N[C@H](Cc1c[nH]c2ccccc12)C(=O)Nc1nnc(C(F)F)s1. The molecule has 0 radical (unpaired) electrons. The van der Waals surface area contributed by atoms with Crippen LogP contribution < -0.4 is 10.6 Å². The van der Waals surface area contributed by atoms with E-state index in [0.29, 0.717) is 11.3 Å². The first-order valence-electron chi connectivity index (χ1n) is 7.68. The van der Waals surface area contributed by atoms with Gasteiger partial charge in [0, 0.05) is 30.4 Å². The minimum atomic E-state index is -2.75. The molecule has 3 rings (SSSR count). The van der Waals surface area contributed by atoms with Gasteiger partial charge in [-0.15, -0.1) is 10.2 Å². The number of carbonyl (C=O) groups is 2. The summed E-state index contributed by atoms with van der Waals surface area (Å²) in [6.07, 6.45) is -0.752. The number of H-pyrrole nitrogens is 1. The van der Waals surface area contributed by atoms with E-state index in [2.05, 4.69) is 25.8 Å². The lowest BCUT2D eigenvalue weighted by atomic mass is 10.0. The van der Waals surface area contributed by atoms with Crippen molar-refractivity contribution in [3.05, 3.63) is 41.0 Å². The molecule has 136 valence electrons. The molecule has 3 N–H and O–H groups in total. The van der Waals surface area contributed by atoms with Crippen LogP contribution in [0.15, 0.2) is 30.5 Å². The average molecular weight is 379 g/mol. The van der Waals surface area contributed by atoms with Crippen LogP contribution in [0.25, 0.3) is 10.9 Å². The highest BCUT2D eigenvalue weighted by molar-refractivity contribution is 7.15. The standard InChI is InChI=1S/C16H15F2N5O2S/c1-8(24)20-12(6-9-7-19-11-5-3-2-4-10(9)11)14(25)21-16-23-22-15(26-16)13(17)18/h2-5,7,12-13,19H,6H2,1H3,(H,20,24)(H,21,23,25)/t12-/m1/s1. The van der Waals surface area contributed by atoms with Crippen molar-refractivity contribution >= 4 is 39.2 Å². The zero-order valence-corrected chi connectivity index (χ0v) is 14.4. The number of hydrogen-bond acceptors (Lipinski definition) is 5. The number of aromatic nitrogens is 3. The second-order valence-corrected chi connectivity index (χ2v) is 6.56. The lowest BCUT2D eigenvalue weighted by molar-refractivity contribution is -0.125. The summed E-state index contributed by atoms with van der Waals surface area (Å²) in [6, 6.07) is 6.69. The molecule has 0 fully saturated rings. The number of rotatable bonds is 6. The van der Waals surface area contributed by atoms with Crippen LogP contribution >= 0.6 is 11.3 Å². The Morgan fingerprint density at radius 3 is 2.73 bits per heavy atom. The third-order valence-corrected chi connectivity index (χ3v) is 4.50. The van der Waals surface area contributed by atoms with Gasteiger partial charge in [0.2, 0.25) is 16.9 Å². The molecule has 0 saturated heterocycles. The number of nitrogens with zero attached hydrogens (tertiary/aromatic N) is 2. The summed E-state index contributed by atoms with van der Waals surface area (Å²) in [5.74, 6) is -0.932. The normalized spacial score (nSPS) is 12.3. The zero-order valence-electron chi connectivity index (χ0n) is 13.6. The van der Waals surface area contributed by atoms with Gasteiger partial charge in [-0.1, -0.05) is 29.5 Å². The maximum atomic E-state index is 12.6. The van der Waals surface area contributed by atoms with E-state index < -0.39 is 23.4 Å². The number of anilines is 1. The number of carbonyl (C=O) groups excluding carboxylic acids is 2. The molecule has 0 aliphatic heterocycles. The van der Waals surface area contributed by atoms with E-state index >= 15 is 0 Å². The Morgan fingerprint density at radius 1 is 1.27 bits per heavy atom. The summed E-state index contributed by atoms with van der Waals surface area (Å²) >= 11 is 0.593. The van der Waals surface area contributed by atoms with E-state index in [0.717, 1.165) is 16.5 Å². The Balaban J connectivity index is 1.78. The Labute approximate surface area is 150 Å². The van der Waals surface area contributed by atoms with Crippen LogP contribution in [0.3, 0.4) is 0 Å². The van der Waals surface area contributed by atoms with E-state index in [4.69, 9.17) is 0 Å². The van der Waals surface area contributed by atoms with Gasteiger partial charge in [0.15, 0.2) is 5.01 Å². The van der Waals surface area contributed by atoms with Crippen molar-refractivity contribution in [3.63, 3.8) is 0 Å². The zero-order chi connectivity index (χ0) is 18.7. The molecule has 0 aliphatic carbocycles. The Hall–Kier alpha value is -2.88. The minimum Gasteiger partial charge on any atom is -0.361 e. The summed E-state index contributed by atoms with van der Waals surface area (Å²) in [5, 5.41) is 12.3. The van der Waals surface area contributed by atoms with Gasteiger partial charge in [-0.05, 0) is 11.6 Å². The highest BCUT2D eigenvalue weighted by atomic mass is 32.1. The van der Waals surface area contributed by atoms with Crippen molar-refractivity contribution in [3.8, 4) is 0 Å². The minimum absolute atomic E-state index is 0.0421. The topological polar surface area (TPSA) is 99.8 Å². The fourth-order valence-corrected chi connectivity index (χ4v) is 3.14. The van der Waals surface area contributed by atoms with Gasteiger partial charge in [0.25, 0.3) is 6.43 Å². The molecule has 2 amide bonds. The number of para-hydroxylation sites is 1. The van der Waals surface area contributed by atoms with Gasteiger partial charge in [0.05, 0.1) is 0 Å². The first-order valence-corrected chi connectivity index (χ1v) is 8.50. The summed E-state index contributed by atoms with van der Waals surface area (Å²) in [7, 11) is 0. The van der Waals surface area contributed by atoms with Gasteiger partial charge >= 0.3 is 0 Å². The lowest BCUT2D eigenvalue weighted by Gasteiger charge is -2.16. The van der Waals surface area contributed by atoms with Crippen LogP contribution in [0, 0.1) is 0 Å². The van der Waals surface area contributed by atoms with Gasteiger partial charge in [-0.25, -0.2) is 8.78 Å². The Kier molecular flexibility index (Phi) is 5.21. The largest absolute Gasteiger partial charge is 0.361 e. The smallest absolute Gasteiger partial charge is 0.291 e. The second-order valence-electron chi connectivity index (χ2n) is 5.55. The molecule has 0 bridgehead atoms. The molecule has 7 nitrogen and oxygen atoms in total. The molecule has 26 heavy (non-hydrogen) atoms. The first-order chi connectivity index (χ1) is 12.4. The summed E-state index contributed by atoms with van der Waals surface area (Å²) < 4.78 is 25.2. The highest BCUT2D eigenvalue weighted by Gasteiger charge is 2.23. The van der Waals surface area contributed by atoms with Gasteiger partial charge in [0.1, 0.15) is 6.04 Å². The van der Waals surface area contributed by atoms with Crippen LogP contribution in [0.5, 0.6) is 0 Å².